The summed E-state index contributed by atoms with van der Waals surface area (Å²) < 4.78 is 5.17. The third-order valence-electron chi connectivity index (χ3n) is 3.85. The summed E-state index contributed by atoms with van der Waals surface area (Å²) in [5, 5.41) is 0. The lowest BCUT2D eigenvalue weighted by Gasteiger charge is -2.12. The molecule has 1 aliphatic rings. The Morgan fingerprint density at radius 3 is 2.42 bits per heavy atom. The molecule has 1 aromatic heterocycles. The Balaban J connectivity index is 1.79. The Hall–Kier alpha value is -1.40. The van der Waals surface area contributed by atoms with Gasteiger partial charge in [-0.25, -0.2) is 0 Å². The Bertz CT molecular complexity index is 546. The van der Waals surface area contributed by atoms with Crippen LogP contribution in [-0.4, -0.2) is 4.98 Å². The first-order chi connectivity index (χ1) is 9.28. The lowest BCUT2D eigenvalue weighted by atomic mass is 9.95. The average molecular weight is 272 g/mol. The first-order valence-corrected chi connectivity index (χ1v) is 7.33. The molecule has 3 rings (SSSR count). The number of aromatic nitrogens is 1. The summed E-state index contributed by atoms with van der Waals surface area (Å²) in [5.74, 6) is 1.96. The number of hydrogen-bond donors (Lipinski definition) is 0. The molecule has 0 saturated heterocycles. The van der Waals surface area contributed by atoms with E-state index in [1.807, 2.05) is 12.1 Å². The van der Waals surface area contributed by atoms with Crippen LogP contribution in [0, 0.1) is 0 Å². The molecule has 0 N–H and O–H groups in total. The van der Waals surface area contributed by atoms with Gasteiger partial charge in [-0.15, -0.1) is 0 Å². The van der Waals surface area contributed by atoms with E-state index in [-0.39, 0.29) is 0 Å². The molecule has 2 unspecified atom stereocenters. The van der Waals surface area contributed by atoms with Crippen molar-refractivity contribution in [3.63, 3.8) is 0 Å². The van der Waals surface area contributed by atoms with Gasteiger partial charge < -0.3 is 4.52 Å². The molecular weight excluding hydrogens is 253 g/mol. The van der Waals surface area contributed by atoms with E-state index in [0.717, 1.165) is 17.4 Å². The highest BCUT2D eigenvalue weighted by molar-refractivity contribution is 7.10. The quantitative estimate of drug-likeness (QED) is 0.784. The molecule has 1 heterocycles. The van der Waals surface area contributed by atoms with E-state index >= 15 is 0 Å². The van der Waals surface area contributed by atoms with Gasteiger partial charge in [0.2, 0.25) is 0 Å². The predicted molar refractivity (Wildman–Crippen MR) is 81.9 cm³/mol. The number of benzene rings is 1. The van der Waals surface area contributed by atoms with Crippen molar-refractivity contribution >= 4 is 9.47 Å². The second-order valence-corrected chi connectivity index (χ2v) is 5.51. The monoisotopic (exact) mass is 272 g/mol. The van der Waals surface area contributed by atoms with Crippen LogP contribution in [0.2, 0.25) is 0 Å². The van der Waals surface area contributed by atoms with Gasteiger partial charge in [-0.2, -0.15) is 0 Å². The second kappa shape index (κ2) is 5.30. The Kier molecular flexibility index (Phi) is 3.52. The Labute approximate surface area is 116 Å². The van der Waals surface area contributed by atoms with E-state index in [2.05, 4.69) is 36.2 Å². The average Bonchev–Trinajstić information content (AvgIpc) is 3.31. The maximum atomic E-state index is 5.17. The molecule has 2 nitrogen and oxygen atoms in total. The molecule has 0 amide bonds. The summed E-state index contributed by atoms with van der Waals surface area (Å²) in [4.78, 5) is 4.48. The van der Waals surface area contributed by atoms with Gasteiger partial charge in [0.05, 0.1) is 6.20 Å². The first-order valence-electron chi connectivity index (χ1n) is 6.76. The van der Waals surface area contributed by atoms with Crippen LogP contribution in [0.15, 0.2) is 42.6 Å². The van der Waals surface area contributed by atoms with E-state index in [1.54, 1.807) is 6.20 Å². The van der Waals surface area contributed by atoms with Crippen molar-refractivity contribution in [2.24, 2.45) is 0 Å². The van der Waals surface area contributed by atoms with Gasteiger partial charge >= 0.3 is 0 Å². The molecule has 0 radical (unpaired) electrons. The van der Waals surface area contributed by atoms with Gasteiger partial charge in [0.1, 0.15) is 0 Å². The molecule has 1 fully saturated rings. The van der Waals surface area contributed by atoms with Crippen LogP contribution in [0.25, 0.3) is 0 Å². The molecule has 1 saturated carbocycles. The summed E-state index contributed by atoms with van der Waals surface area (Å²) in [6.07, 6.45) is 4.50. The minimum absolute atomic E-state index is 0.321. The lowest BCUT2D eigenvalue weighted by molar-refractivity contribution is 0.639. The van der Waals surface area contributed by atoms with Gasteiger partial charge in [-0.1, -0.05) is 31.2 Å². The molecule has 1 aliphatic carbocycles. The summed E-state index contributed by atoms with van der Waals surface area (Å²) in [7, 11) is 1.47. The third-order valence-corrected chi connectivity index (χ3v) is 4.19. The van der Waals surface area contributed by atoms with Crippen molar-refractivity contribution in [2.75, 3.05) is 0 Å². The SMILES string of the molecule is CC(c1ccc(C2CC2)cc1)c1ccc(O[PH3+])cn1. The summed E-state index contributed by atoms with van der Waals surface area (Å²) >= 11 is 0. The van der Waals surface area contributed by atoms with Crippen molar-refractivity contribution in [3.8, 4) is 5.75 Å². The zero-order chi connectivity index (χ0) is 13.2. The molecular formula is C16H19NOP+. The van der Waals surface area contributed by atoms with Crippen LogP contribution in [-0.2, 0) is 0 Å². The fourth-order valence-corrected chi connectivity index (χ4v) is 2.55. The number of pyridine rings is 1. The molecule has 2 atom stereocenters. The van der Waals surface area contributed by atoms with Crippen LogP contribution >= 0.6 is 9.47 Å². The van der Waals surface area contributed by atoms with E-state index in [1.165, 1.54) is 33.4 Å². The van der Waals surface area contributed by atoms with Crippen molar-refractivity contribution < 1.29 is 4.52 Å². The van der Waals surface area contributed by atoms with Crippen molar-refractivity contribution in [2.45, 2.75) is 31.6 Å². The standard InChI is InChI=1S/C16H19NOP/c1-11(16-9-8-15(18-19)10-17-16)12-2-4-13(5-3-12)14-6-7-14/h2-5,8-11,14H,6-7H2,1,19H3/q+1. The highest BCUT2D eigenvalue weighted by Crippen LogP contribution is 2.40. The van der Waals surface area contributed by atoms with E-state index in [0.29, 0.717) is 5.92 Å². The van der Waals surface area contributed by atoms with E-state index in [4.69, 9.17) is 4.52 Å². The fraction of sp³-hybridized carbons (Fsp3) is 0.312. The molecule has 0 spiro atoms. The second-order valence-electron chi connectivity index (χ2n) is 5.23. The molecule has 3 heteroatoms. The highest BCUT2D eigenvalue weighted by atomic mass is 31.0. The highest BCUT2D eigenvalue weighted by Gasteiger charge is 2.23. The fourth-order valence-electron chi connectivity index (χ4n) is 2.38. The zero-order valence-electron chi connectivity index (χ0n) is 11.2. The van der Waals surface area contributed by atoms with Crippen LogP contribution < -0.4 is 4.52 Å². The molecule has 2 aromatic rings. The largest absolute Gasteiger partial charge is 0.357 e. The Morgan fingerprint density at radius 1 is 1.16 bits per heavy atom. The van der Waals surface area contributed by atoms with Crippen LogP contribution in [0.1, 0.15) is 48.4 Å². The molecule has 98 valence electrons. The molecule has 0 bridgehead atoms. The van der Waals surface area contributed by atoms with Gasteiger partial charge in [-0.05, 0) is 42.0 Å². The Morgan fingerprint density at radius 2 is 1.89 bits per heavy atom. The normalized spacial score (nSPS) is 16.3. The van der Waals surface area contributed by atoms with E-state index < -0.39 is 0 Å². The minimum atomic E-state index is 0.321. The van der Waals surface area contributed by atoms with Crippen molar-refractivity contribution in [1.82, 2.24) is 4.98 Å². The topological polar surface area (TPSA) is 22.1 Å². The number of nitrogens with zero attached hydrogens (tertiary/aromatic N) is 1. The maximum Gasteiger partial charge on any atom is 0.190 e. The first kappa shape index (κ1) is 12.6. The lowest BCUT2D eigenvalue weighted by Crippen LogP contribution is -1.99. The minimum Gasteiger partial charge on any atom is -0.357 e. The third kappa shape index (κ3) is 2.79. The molecule has 1 aromatic carbocycles. The van der Waals surface area contributed by atoms with Crippen LogP contribution in [0.5, 0.6) is 5.75 Å². The van der Waals surface area contributed by atoms with Crippen LogP contribution in [0.4, 0.5) is 0 Å². The van der Waals surface area contributed by atoms with Gasteiger partial charge in [0.25, 0.3) is 0 Å². The van der Waals surface area contributed by atoms with Gasteiger partial charge in [0, 0.05) is 11.6 Å². The summed E-state index contributed by atoms with van der Waals surface area (Å²) in [6, 6.07) is 13.0. The van der Waals surface area contributed by atoms with Crippen LogP contribution in [0.3, 0.4) is 0 Å². The molecule has 0 aliphatic heterocycles. The smallest absolute Gasteiger partial charge is 0.190 e. The van der Waals surface area contributed by atoms with Crippen molar-refractivity contribution in [1.29, 1.82) is 0 Å². The molecule has 19 heavy (non-hydrogen) atoms. The number of hydrogen-bond acceptors (Lipinski definition) is 2. The number of rotatable bonds is 4. The zero-order valence-corrected chi connectivity index (χ0v) is 12.6. The van der Waals surface area contributed by atoms with Crippen molar-refractivity contribution in [3.05, 3.63) is 59.4 Å². The van der Waals surface area contributed by atoms with Gasteiger partial charge in [0.15, 0.2) is 15.2 Å². The maximum absolute atomic E-state index is 5.17. The summed E-state index contributed by atoms with van der Waals surface area (Å²) in [6.45, 7) is 2.20. The predicted octanol–water partition coefficient (Wildman–Crippen LogP) is 4.01. The summed E-state index contributed by atoms with van der Waals surface area (Å²) in [5.41, 5.74) is 3.90. The van der Waals surface area contributed by atoms with Gasteiger partial charge in [-0.3, -0.25) is 4.98 Å². The van der Waals surface area contributed by atoms with E-state index in [9.17, 15) is 0 Å².